The molecule has 4 aromatic rings. The average molecular weight is 487 g/mol. The number of benzene rings is 3. The van der Waals surface area contributed by atoms with Crippen molar-refractivity contribution in [2.45, 2.75) is 26.4 Å². The van der Waals surface area contributed by atoms with Crippen LogP contribution in [0, 0.1) is 6.92 Å². The van der Waals surface area contributed by atoms with Gasteiger partial charge in [-0.25, -0.2) is 4.98 Å². The molecular weight excluding hydrogens is 460 g/mol. The molecule has 2 heterocycles. The van der Waals surface area contributed by atoms with Crippen molar-refractivity contribution in [2.75, 3.05) is 18.2 Å². The van der Waals surface area contributed by atoms with E-state index < -0.39 is 0 Å². The minimum atomic E-state index is -0.0890. The second kappa shape index (κ2) is 10.6. The molecular formula is C27H26N4O3S. The zero-order chi connectivity index (χ0) is 24.0. The molecule has 0 saturated heterocycles. The first-order valence-electron chi connectivity index (χ1n) is 11.4. The number of hydrogen-bond donors (Lipinski definition) is 1. The van der Waals surface area contributed by atoms with Crippen molar-refractivity contribution in [2.24, 2.45) is 0 Å². The van der Waals surface area contributed by atoms with Crippen LogP contribution >= 0.6 is 11.5 Å². The van der Waals surface area contributed by atoms with E-state index in [9.17, 15) is 4.79 Å². The van der Waals surface area contributed by atoms with Crippen molar-refractivity contribution in [1.82, 2.24) is 14.7 Å². The van der Waals surface area contributed by atoms with Gasteiger partial charge in [0.25, 0.3) is 0 Å². The predicted molar refractivity (Wildman–Crippen MR) is 136 cm³/mol. The Morgan fingerprint density at radius 1 is 0.971 bits per heavy atom. The van der Waals surface area contributed by atoms with Gasteiger partial charge in [-0.15, -0.1) is 0 Å². The number of nitrogens with one attached hydrogen (secondary N) is 1. The molecule has 7 nitrogen and oxygen atoms in total. The number of hydrogen-bond acceptors (Lipinski definition) is 7. The molecule has 8 heteroatoms. The van der Waals surface area contributed by atoms with Crippen LogP contribution in [0.1, 0.15) is 28.1 Å². The Morgan fingerprint density at radius 2 is 1.74 bits per heavy atom. The number of aryl methyl sites for hydroxylation is 1. The zero-order valence-electron chi connectivity index (χ0n) is 19.4. The van der Waals surface area contributed by atoms with E-state index in [1.54, 1.807) is 0 Å². The van der Waals surface area contributed by atoms with Gasteiger partial charge in [0, 0.05) is 31.0 Å². The number of carbonyl (C=O) groups excluding carboxylic acids is 1. The van der Waals surface area contributed by atoms with E-state index in [-0.39, 0.29) is 19.2 Å². The summed E-state index contributed by atoms with van der Waals surface area (Å²) in [5.74, 6) is 2.10. The van der Waals surface area contributed by atoms with E-state index in [0.29, 0.717) is 25.3 Å². The van der Waals surface area contributed by atoms with Gasteiger partial charge in [-0.05, 0) is 35.7 Å². The standard InChI is InChI=1S/C27H26N4O3S/c1-19-7-9-20(10-8-19)14-25-29-27(35-30-25)31(16-21-5-3-2-4-6-21)17-26(32)28-15-22-11-12-23-24(13-22)34-18-33-23/h2-13H,14-18H2,1H3,(H,28,32). The van der Waals surface area contributed by atoms with Crippen molar-refractivity contribution >= 4 is 22.6 Å². The van der Waals surface area contributed by atoms with E-state index in [0.717, 1.165) is 33.4 Å². The van der Waals surface area contributed by atoms with Crippen LogP contribution in [-0.4, -0.2) is 28.6 Å². The molecule has 35 heavy (non-hydrogen) atoms. The van der Waals surface area contributed by atoms with Crippen molar-refractivity contribution in [1.29, 1.82) is 0 Å². The minimum absolute atomic E-state index is 0.0890. The lowest BCUT2D eigenvalue weighted by atomic mass is 10.1. The first-order chi connectivity index (χ1) is 17.1. The molecule has 1 N–H and O–H groups in total. The monoisotopic (exact) mass is 486 g/mol. The third-order valence-electron chi connectivity index (χ3n) is 5.69. The van der Waals surface area contributed by atoms with Crippen molar-refractivity contribution < 1.29 is 14.3 Å². The topological polar surface area (TPSA) is 76.6 Å². The maximum Gasteiger partial charge on any atom is 0.239 e. The highest BCUT2D eigenvalue weighted by atomic mass is 32.1. The van der Waals surface area contributed by atoms with Gasteiger partial charge in [-0.3, -0.25) is 4.79 Å². The fourth-order valence-corrected chi connectivity index (χ4v) is 4.49. The number of rotatable bonds is 9. The lowest BCUT2D eigenvalue weighted by Crippen LogP contribution is -2.36. The van der Waals surface area contributed by atoms with Gasteiger partial charge in [0.05, 0.1) is 6.54 Å². The molecule has 3 aromatic carbocycles. The Hall–Kier alpha value is -3.91. The van der Waals surface area contributed by atoms with Crippen molar-refractivity contribution in [3.63, 3.8) is 0 Å². The van der Waals surface area contributed by atoms with Gasteiger partial charge in [-0.2, -0.15) is 4.37 Å². The Kier molecular flexibility index (Phi) is 6.90. The van der Waals surface area contributed by atoms with Gasteiger partial charge in [0.1, 0.15) is 5.82 Å². The average Bonchev–Trinajstić information content (AvgIpc) is 3.54. The molecule has 0 saturated carbocycles. The normalized spacial score (nSPS) is 11.9. The third kappa shape index (κ3) is 5.96. The summed E-state index contributed by atoms with van der Waals surface area (Å²) in [6.07, 6.45) is 0.659. The summed E-state index contributed by atoms with van der Waals surface area (Å²) in [4.78, 5) is 19.6. The summed E-state index contributed by atoms with van der Waals surface area (Å²) in [5.41, 5.74) is 4.44. The molecule has 0 fully saturated rings. The Morgan fingerprint density at radius 3 is 2.57 bits per heavy atom. The number of nitrogens with zero attached hydrogens (tertiary/aromatic N) is 3. The molecule has 0 atom stereocenters. The first-order valence-corrected chi connectivity index (χ1v) is 12.2. The smallest absolute Gasteiger partial charge is 0.239 e. The molecule has 178 valence electrons. The van der Waals surface area contributed by atoms with Crippen LogP contribution in [0.3, 0.4) is 0 Å². The molecule has 1 aliphatic heterocycles. The molecule has 0 spiro atoms. The first kappa shape index (κ1) is 22.9. The van der Waals surface area contributed by atoms with Crippen molar-refractivity contribution in [3.8, 4) is 11.5 Å². The summed E-state index contributed by atoms with van der Waals surface area (Å²) in [6, 6.07) is 24.1. The van der Waals surface area contributed by atoms with Crippen molar-refractivity contribution in [3.05, 3.63) is 101 Å². The van der Waals surface area contributed by atoms with Gasteiger partial charge in [0.2, 0.25) is 17.8 Å². The number of carbonyl (C=O) groups is 1. The predicted octanol–water partition coefficient (Wildman–Crippen LogP) is 4.49. The molecule has 0 unspecified atom stereocenters. The van der Waals surface area contributed by atoms with Crippen LogP contribution in [0.2, 0.25) is 0 Å². The summed E-state index contributed by atoms with van der Waals surface area (Å²) in [5, 5.41) is 3.74. The fraction of sp³-hybridized carbons (Fsp3) is 0.222. The fourth-order valence-electron chi connectivity index (χ4n) is 3.81. The van der Waals surface area contributed by atoms with Gasteiger partial charge >= 0.3 is 0 Å². The summed E-state index contributed by atoms with van der Waals surface area (Å²) >= 11 is 1.32. The van der Waals surface area contributed by atoms with Crippen LogP contribution in [0.4, 0.5) is 5.13 Å². The summed E-state index contributed by atoms with van der Waals surface area (Å²) in [7, 11) is 0. The van der Waals surface area contributed by atoms with Gasteiger partial charge in [-0.1, -0.05) is 66.2 Å². The number of anilines is 1. The van der Waals surface area contributed by atoms with Crippen LogP contribution in [0.15, 0.2) is 72.8 Å². The summed E-state index contributed by atoms with van der Waals surface area (Å²) < 4.78 is 15.3. The maximum atomic E-state index is 12.9. The largest absolute Gasteiger partial charge is 0.454 e. The van der Waals surface area contributed by atoms with E-state index in [1.807, 2.05) is 53.4 Å². The highest BCUT2D eigenvalue weighted by Crippen LogP contribution is 2.32. The second-order valence-corrected chi connectivity index (χ2v) is 9.19. The Labute approximate surface area is 208 Å². The van der Waals surface area contributed by atoms with Crippen LogP contribution in [-0.2, 0) is 24.3 Å². The zero-order valence-corrected chi connectivity index (χ0v) is 20.3. The van der Waals surface area contributed by atoms with Crippen LogP contribution in [0.25, 0.3) is 0 Å². The maximum absolute atomic E-state index is 12.9. The SMILES string of the molecule is Cc1ccc(Cc2nsc(N(CC(=O)NCc3ccc4c(c3)OCO4)Cc3ccccc3)n2)cc1. The highest BCUT2D eigenvalue weighted by molar-refractivity contribution is 7.09. The van der Waals surface area contributed by atoms with Crippen LogP contribution in [0.5, 0.6) is 11.5 Å². The molecule has 1 aliphatic rings. The quantitative estimate of drug-likeness (QED) is 0.376. The number of amides is 1. The number of fused-ring (bicyclic) bond motifs is 1. The Bertz CT molecular complexity index is 1290. The summed E-state index contributed by atoms with van der Waals surface area (Å²) in [6.45, 7) is 3.45. The second-order valence-electron chi connectivity index (χ2n) is 8.46. The highest BCUT2D eigenvalue weighted by Gasteiger charge is 2.18. The minimum Gasteiger partial charge on any atom is -0.454 e. The molecule has 0 radical (unpaired) electrons. The van der Waals surface area contributed by atoms with E-state index >= 15 is 0 Å². The van der Waals surface area contributed by atoms with Gasteiger partial charge < -0.3 is 19.7 Å². The van der Waals surface area contributed by atoms with Crippen LogP contribution < -0.4 is 19.7 Å². The van der Waals surface area contributed by atoms with Gasteiger partial charge in [0.15, 0.2) is 11.5 Å². The molecule has 1 aromatic heterocycles. The molecule has 0 bridgehead atoms. The molecule has 5 rings (SSSR count). The lowest BCUT2D eigenvalue weighted by Gasteiger charge is -2.21. The number of ether oxygens (including phenoxy) is 2. The third-order valence-corrected chi connectivity index (χ3v) is 6.50. The number of aromatic nitrogens is 2. The molecule has 1 amide bonds. The van der Waals surface area contributed by atoms with E-state index in [1.165, 1.54) is 17.1 Å². The lowest BCUT2D eigenvalue weighted by molar-refractivity contribution is -0.119. The van der Waals surface area contributed by atoms with E-state index in [2.05, 4.69) is 40.9 Å². The Balaban J connectivity index is 1.26. The van der Waals surface area contributed by atoms with E-state index in [4.69, 9.17) is 14.5 Å². The molecule has 0 aliphatic carbocycles.